The number of hydrogen-bond donors (Lipinski definition) is 0. The number of rotatable bonds is 1. The van der Waals surface area contributed by atoms with Gasteiger partial charge in [0.05, 0.1) is 0 Å². The highest BCUT2D eigenvalue weighted by atomic mass is 14.9. The van der Waals surface area contributed by atoms with E-state index < -0.39 is 0 Å². The molecule has 1 aromatic carbocycles. The molecule has 2 rings (SSSR count). The van der Waals surface area contributed by atoms with Crippen molar-refractivity contribution in [2.24, 2.45) is 7.05 Å². The van der Waals surface area contributed by atoms with Crippen LogP contribution in [0.25, 0.3) is 10.9 Å². The maximum atomic E-state index is 2.26. The van der Waals surface area contributed by atoms with Crippen molar-refractivity contribution in [3.63, 3.8) is 0 Å². The third-order valence-electron chi connectivity index (χ3n) is 3.17. The first kappa shape index (κ1) is 9.38. The Hall–Kier alpha value is -1.18. The standard InChI is InChI=1S/C12H15BN/c1-8-9(2)14(4)12-6-5-10(13-3)7-11(8)12/h5-7H,1-4H3. The Kier molecular flexibility index (Phi) is 2.14. The second-order valence-corrected chi connectivity index (χ2v) is 3.83. The first-order chi connectivity index (χ1) is 6.65. The molecule has 0 saturated heterocycles. The summed E-state index contributed by atoms with van der Waals surface area (Å²) in [7, 11) is 4.27. The van der Waals surface area contributed by atoms with Crippen LogP contribution in [0.2, 0.25) is 6.82 Å². The molecule has 0 aliphatic rings. The Morgan fingerprint density at radius 2 is 1.93 bits per heavy atom. The van der Waals surface area contributed by atoms with E-state index in [9.17, 15) is 0 Å². The van der Waals surface area contributed by atoms with Crippen molar-refractivity contribution < 1.29 is 0 Å². The van der Waals surface area contributed by atoms with E-state index in [-0.39, 0.29) is 0 Å². The van der Waals surface area contributed by atoms with Gasteiger partial charge in [0.15, 0.2) is 0 Å². The fourth-order valence-corrected chi connectivity index (χ4v) is 1.95. The van der Waals surface area contributed by atoms with Crippen LogP contribution in [-0.2, 0) is 7.05 Å². The van der Waals surface area contributed by atoms with E-state index in [0.29, 0.717) is 0 Å². The lowest BCUT2D eigenvalue weighted by Gasteiger charge is -1.99. The quantitative estimate of drug-likeness (QED) is 0.598. The van der Waals surface area contributed by atoms with Crippen LogP contribution in [0.4, 0.5) is 0 Å². The van der Waals surface area contributed by atoms with Gasteiger partial charge in [-0.1, -0.05) is 24.4 Å². The van der Waals surface area contributed by atoms with Gasteiger partial charge in [0.2, 0.25) is 0 Å². The van der Waals surface area contributed by atoms with Crippen LogP contribution >= 0.6 is 0 Å². The van der Waals surface area contributed by atoms with Gasteiger partial charge in [-0.25, -0.2) is 0 Å². The third-order valence-corrected chi connectivity index (χ3v) is 3.17. The average molecular weight is 184 g/mol. The lowest BCUT2D eigenvalue weighted by Crippen LogP contribution is -2.09. The fourth-order valence-electron chi connectivity index (χ4n) is 1.95. The van der Waals surface area contributed by atoms with E-state index in [0.717, 1.165) is 0 Å². The molecule has 0 N–H and O–H groups in total. The molecule has 0 bridgehead atoms. The van der Waals surface area contributed by atoms with Gasteiger partial charge >= 0.3 is 0 Å². The average Bonchev–Trinajstić information content (AvgIpc) is 2.44. The van der Waals surface area contributed by atoms with Gasteiger partial charge in [0.25, 0.3) is 0 Å². The van der Waals surface area contributed by atoms with Crippen molar-refractivity contribution in [3.8, 4) is 0 Å². The summed E-state index contributed by atoms with van der Waals surface area (Å²) in [6.07, 6.45) is 0. The van der Waals surface area contributed by atoms with Crippen molar-refractivity contribution in [1.82, 2.24) is 4.57 Å². The summed E-state index contributed by atoms with van der Waals surface area (Å²) in [6.45, 7) is 6.44. The molecule has 2 aromatic rings. The Morgan fingerprint density at radius 1 is 1.21 bits per heavy atom. The van der Waals surface area contributed by atoms with E-state index in [2.05, 4.69) is 57.8 Å². The minimum atomic E-state index is 1.30. The van der Waals surface area contributed by atoms with Crippen LogP contribution in [-0.4, -0.2) is 11.8 Å². The molecule has 14 heavy (non-hydrogen) atoms. The number of aryl methyl sites for hydroxylation is 2. The molecule has 0 fully saturated rings. The number of benzene rings is 1. The van der Waals surface area contributed by atoms with Gasteiger partial charge in [-0.05, 0) is 25.5 Å². The van der Waals surface area contributed by atoms with E-state index in [1.807, 2.05) is 0 Å². The zero-order chi connectivity index (χ0) is 10.3. The summed E-state index contributed by atoms with van der Waals surface area (Å²) in [4.78, 5) is 0. The molecule has 0 unspecified atom stereocenters. The van der Waals surface area contributed by atoms with Crippen LogP contribution in [0, 0.1) is 13.8 Å². The van der Waals surface area contributed by atoms with Crippen LogP contribution in [0.15, 0.2) is 18.2 Å². The lowest BCUT2D eigenvalue weighted by atomic mass is 9.73. The largest absolute Gasteiger partial charge is 0.348 e. The molecular weight excluding hydrogens is 169 g/mol. The predicted octanol–water partition coefficient (Wildman–Crippen LogP) is 2.17. The third kappa shape index (κ3) is 1.17. The van der Waals surface area contributed by atoms with Gasteiger partial charge in [0, 0.05) is 23.6 Å². The number of aromatic nitrogens is 1. The topological polar surface area (TPSA) is 4.93 Å². The second kappa shape index (κ2) is 3.20. The highest BCUT2D eigenvalue weighted by molar-refractivity contribution is 6.52. The van der Waals surface area contributed by atoms with E-state index in [4.69, 9.17) is 0 Å². The zero-order valence-corrected chi connectivity index (χ0v) is 9.26. The van der Waals surface area contributed by atoms with Crippen molar-refractivity contribution in [3.05, 3.63) is 29.5 Å². The van der Waals surface area contributed by atoms with Gasteiger partial charge in [-0.2, -0.15) is 0 Å². The van der Waals surface area contributed by atoms with Crippen molar-refractivity contribution in [1.29, 1.82) is 0 Å². The molecule has 71 valence electrons. The van der Waals surface area contributed by atoms with Crippen LogP contribution in [0.1, 0.15) is 11.3 Å². The highest BCUT2D eigenvalue weighted by Gasteiger charge is 2.07. The summed E-state index contributed by atoms with van der Waals surface area (Å²) in [5.41, 5.74) is 5.37. The zero-order valence-electron chi connectivity index (χ0n) is 9.26. The molecule has 0 saturated carbocycles. The van der Waals surface area contributed by atoms with Gasteiger partial charge < -0.3 is 4.57 Å². The molecule has 1 heterocycles. The monoisotopic (exact) mass is 184 g/mol. The molecule has 0 amide bonds. The molecule has 0 atom stereocenters. The fraction of sp³-hybridized carbons (Fsp3) is 0.333. The first-order valence-corrected chi connectivity index (χ1v) is 5.00. The number of fused-ring (bicyclic) bond motifs is 1. The predicted molar refractivity (Wildman–Crippen MR) is 63.6 cm³/mol. The summed E-state index contributed by atoms with van der Waals surface area (Å²) in [5.74, 6) is 0. The first-order valence-electron chi connectivity index (χ1n) is 5.00. The van der Waals surface area contributed by atoms with Gasteiger partial charge in [0.1, 0.15) is 7.28 Å². The summed E-state index contributed by atoms with van der Waals surface area (Å²) < 4.78 is 2.25. The van der Waals surface area contributed by atoms with E-state index in [1.54, 1.807) is 0 Å². The van der Waals surface area contributed by atoms with Gasteiger partial charge in [-0.3, -0.25) is 0 Å². The van der Waals surface area contributed by atoms with Crippen molar-refractivity contribution >= 4 is 23.6 Å². The maximum absolute atomic E-state index is 2.26. The Balaban J connectivity index is 2.82. The highest BCUT2D eigenvalue weighted by Crippen LogP contribution is 2.22. The summed E-state index contributed by atoms with van der Waals surface area (Å²) in [6, 6.07) is 6.63. The smallest absolute Gasteiger partial charge is 0.148 e. The molecule has 1 radical (unpaired) electrons. The van der Waals surface area contributed by atoms with Crippen LogP contribution in [0.3, 0.4) is 0 Å². The Labute approximate surface area is 86.0 Å². The Bertz CT molecular complexity index is 483. The molecule has 0 aliphatic carbocycles. The SMILES string of the molecule is C[B]c1ccc2c(c1)c(C)c(C)n2C. The minimum Gasteiger partial charge on any atom is -0.348 e. The minimum absolute atomic E-state index is 1.30. The normalized spacial score (nSPS) is 10.9. The molecular formula is C12H15BN. The van der Waals surface area contributed by atoms with Gasteiger partial charge in [-0.15, -0.1) is 0 Å². The summed E-state index contributed by atoms with van der Waals surface area (Å²) >= 11 is 0. The number of nitrogens with zero attached hydrogens (tertiary/aromatic N) is 1. The molecule has 1 aromatic heterocycles. The summed E-state index contributed by atoms with van der Waals surface area (Å²) in [5, 5.41) is 1.38. The Morgan fingerprint density at radius 3 is 2.57 bits per heavy atom. The number of hydrogen-bond acceptors (Lipinski definition) is 0. The van der Waals surface area contributed by atoms with Crippen LogP contribution < -0.4 is 5.46 Å². The molecule has 1 nitrogen and oxygen atoms in total. The van der Waals surface area contributed by atoms with E-state index >= 15 is 0 Å². The van der Waals surface area contributed by atoms with E-state index in [1.165, 1.54) is 27.6 Å². The maximum Gasteiger partial charge on any atom is 0.148 e. The lowest BCUT2D eigenvalue weighted by molar-refractivity contribution is 0.910. The second-order valence-electron chi connectivity index (χ2n) is 3.83. The molecule has 2 heteroatoms. The van der Waals surface area contributed by atoms with Crippen molar-refractivity contribution in [2.75, 3.05) is 0 Å². The molecule has 0 aliphatic heterocycles. The van der Waals surface area contributed by atoms with Crippen LogP contribution in [0.5, 0.6) is 0 Å². The van der Waals surface area contributed by atoms with Crippen molar-refractivity contribution in [2.45, 2.75) is 20.7 Å². The molecule has 0 spiro atoms.